The van der Waals surface area contributed by atoms with E-state index in [-0.39, 0.29) is 5.91 Å². The molecule has 1 amide bonds. The number of anilines is 2. The molecule has 0 saturated carbocycles. The van der Waals surface area contributed by atoms with Gasteiger partial charge < -0.3 is 16.0 Å². The Balaban J connectivity index is 1.90. The normalized spacial score (nSPS) is 10.9. The molecule has 5 N–H and O–H groups in total. The summed E-state index contributed by atoms with van der Waals surface area (Å²) in [5.41, 5.74) is 9.61. The Kier molecular flexibility index (Phi) is 2.71. The zero-order valence-electron chi connectivity index (χ0n) is 11.2. The van der Waals surface area contributed by atoms with Crippen LogP contribution < -0.4 is 11.1 Å². The van der Waals surface area contributed by atoms with Crippen molar-refractivity contribution in [2.24, 2.45) is 0 Å². The largest absolute Gasteiger partial charge is 0.399 e. The second kappa shape index (κ2) is 4.41. The molecule has 0 saturated heterocycles. The van der Waals surface area contributed by atoms with E-state index in [4.69, 9.17) is 5.73 Å². The average molecular weight is 269 g/mol. The van der Waals surface area contributed by atoms with Gasteiger partial charge in [0, 0.05) is 27.8 Å². The summed E-state index contributed by atoms with van der Waals surface area (Å²) >= 11 is 0. The monoisotopic (exact) mass is 269 g/mol. The van der Waals surface area contributed by atoms with Crippen molar-refractivity contribution in [1.82, 2.24) is 15.2 Å². The Morgan fingerprint density at radius 1 is 1.30 bits per heavy atom. The number of nitrogens with two attached hydrogens (primary N) is 1. The van der Waals surface area contributed by atoms with Gasteiger partial charge in [-0.15, -0.1) is 0 Å². The van der Waals surface area contributed by atoms with E-state index in [1.807, 2.05) is 26.0 Å². The zero-order valence-corrected chi connectivity index (χ0v) is 11.2. The van der Waals surface area contributed by atoms with Crippen LogP contribution in [0.4, 0.5) is 11.5 Å². The fraction of sp³-hybridized carbons (Fsp3) is 0.143. The van der Waals surface area contributed by atoms with Crippen molar-refractivity contribution in [1.29, 1.82) is 0 Å². The number of amides is 1. The number of nitrogens with one attached hydrogen (secondary N) is 3. The summed E-state index contributed by atoms with van der Waals surface area (Å²) in [5, 5.41) is 10.6. The van der Waals surface area contributed by atoms with E-state index in [0.717, 1.165) is 22.2 Å². The lowest BCUT2D eigenvalue weighted by atomic mass is 10.2. The Bertz CT molecular complexity index is 799. The molecule has 20 heavy (non-hydrogen) atoms. The first-order valence-corrected chi connectivity index (χ1v) is 6.26. The lowest BCUT2D eigenvalue weighted by Gasteiger charge is -2.00. The van der Waals surface area contributed by atoms with E-state index < -0.39 is 0 Å². The van der Waals surface area contributed by atoms with Crippen LogP contribution in [0, 0.1) is 13.8 Å². The van der Waals surface area contributed by atoms with Crippen LogP contribution in [0.1, 0.15) is 21.7 Å². The number of benzene rings is 1. The molecule has 0 spiro atoms. The van der Waals surface area contributed by atoms with Gasteiger partial charge in [0.05, 0.1) is 0 Å². The van der Waals surface area contributed by atoms with Crippen LogP contribution in [-0.2, 0) is 0 Å². The Hall–Kier alpha value is -2.76. The molecule has 2 aromatic heterocycles. The highest BCUT2D eigenvalue weighted by atomic mass is 16.2. The van der Waals surface area contributed by atoms with E-state index in [9.17, 15) is 4.79 Å². The number of H-pyrrole nitrogens is 2. The maximum Gasteiger partial charge on any atom is 0.273 e. The number of fused-ring (bicyclic) bond motifs is 1. The third kappa shape index (κ3) is 2.01. The summed E-state index contributed by atoms with van der Waals surface area (Å²) in [5.74, 6) is 0.319. The number of hydrogen-bond acceptors (Lipinski definition) is 3. The van der Waals surface area contributed by atoms with Gasteiger partial charge in [-0.1, -0.05) is 0 Å². The van der Waals surface area contributed by atoms with Crippen LogP contribution in [0.2, 0.25) is 0 Å². The lowest BCUT2D eigenvalue weighted by Crippen LogP contribution is -2.13. The lowest BCUT2D eigenvalue weighted by molar-refractivity contribution is 0.102. The minimum atomic E-state index is -0.227. The highest BCUT2D eigenvalue weighted by Gasteiger charge is 2.13. The SMILES string of the molecule is Cc1[nH]nc(NC(=O)c2cc3cc(N)ccc3[nH]2)c1C. The number of hydrogen-bond donors (Lipinski definition) is 4. The summed E-state index contributed by atoms with van der Waals surface area (Å²) in [6.45, 7) is 3.81. The second-order valence-electron chi connectivity index (χ2n) is 4.81. The summed E-state index contributed by atoms with van der Waals surface area (Å²) in [4.78, 5) is 15.3. The minimum absolute atomic E-state index is 0.227. The number of rotatable bonds is 2. The van der Waals surface area contributed by atoms with E-state index in [1.165, 1.54) is 0 Å². The van der Waals surface area contributed by atoms with E-state index >= 15 is 0 Å². The molecule has 0 bridgehead atoms. The number of aromatic nitrogens is 3. The molecule has 102 valence electrons. The molecule has 0 atom stereocenters. The van der Waals surface area contributed by atoms with Crippen LogP contribution in [0.15, 0.2) is 24.3 Å². The maximum atomic E-state index is 12.2. The highest BCUT2D eigenvalue weighted by molar-refractivity contribution is 6.06. The summed E-state index contributed by atoms with van der Waals surface area (Å²) in [6, 6.07) is 7.25. The fourth-order valence-corrected chi connectivity index (χ4v) is 2.06. The molecule has 0 fully saturated rings. The first-order valence-electron chi connectivity index (χ1n) is 6.26. The van der Waals surface area contributed by atoms with Crippen LogP contribution in [0.25, 0.3) is 10.9 Å². The Morgan fingerprint density at radius 2 is 2.10 bits per heavy atom. The summed E-state index contributed by atoms with van der Waals surface area (Å²) < 4.78 is 0. The van der Waals surface area contributed by atoms with Gasteiger partial charge in [-0.3, -0.25) is 9.89 Å². The zero-order chi connectivity index (χ0) is 14.3. The second-order valence-corrected chi connectivity index (χ2v) is 4.81. The molecule has 0 aliphatic carbocycles. The van der Waals surface area contributed by atoms with Crippen molar-refractivity contribution < 1.29 is 4.79 Å². The molecule has 0 aliphatic heterocycles. The van der Waals surface area contributed by atoms with Crippen LogP contribution in [0.3, 0.4) is 0 Å². The third-order valence-electron chi connectivity index (χ3n) is 3.37. The Morgan fingerprint density at radius 3 is 2.80 bits per heavy atom. The first kappa shape index (κ1) is 12.3. The average Bonchev–Trinajstić information content (AvgIpc) is 2.96. The van der Waals surface area contributed by atoms with Gasteiger partial charge in [0.2, 0.25) is 0 Å². The number of carbonyl (C=O) groups excluding carboxylic acids is 1. The predicted molar refractivity (Wildman–Crippen MR) is 78.7 cm³/mol. The molecule has 6 heteroatoms. The van der Waals surface area contributed by atoms with Gasteiger partial charge in [-0.25, -0.2) is 0 Å². The molecule has 0 radical (unpaired) electrons. The summed E-state index contributed by atoms with van der Waals surface area (Å²) in [6.07, 6.45) is 0. The molecule has 3 aromatic rings. The van der Waals surface area contributed by atoms with Gasteiger partial charge in [-0.2, -0.15) is 5.10 Å². The molecule has 6 nitrogen and oxygen atoms in total. The molecule has 1 aromatic carbocycles. The van der Waals surface area contributed by atoms with Gasteiger partial charge in [-0.05, 0) is 38.1 Å². The number of nitrogen functional groups attached to an aromatic ring is 1. The molecule has 0 aliphatic rings. The number of carbonyl (C=O) groups is 1. The molecular formula is C14H15N5O. The quantitative estimate of drug-likeness (QED) is 0.537. The first-order chi connectivity index (χ1) is 9.54. The van der Waals surface area contributed by atoms with Crippen molar-refractivity contribution in [2.75, 3.05) is 11.1 Å². The smallest absolute Gasteiger partial charge is 0.273 e. The van der Waals surface area contributed by atoms with Gasteiger partial charge >= 0.3 is 0 Å². The predicted octanol–water partition coefficient (Wildman–Crippen LogP) is 2.34. The van der Waals surface area contributed by atoms with E-state index in [1.54, 1.807) is 12.1 Å². The van der Waals surface area contributed by atoms with Crippen LogP contribution in [-0.4, -0.2) is 21.1 Å². The van der Waals surface area contributed by atoms with Crippen LogP contribution >= 0.6 is 0 Å². The van der Waals surface area contributed by atoms with E-state index in [2.05, 4.69) is 20.5 Å². The summed E-state index contributed by atoms with van der Waals surface area (Å²) in [7, 11) is 0. The van der Waals surface area contributed by atoms with E-state index in [0.29, 0.717) is 17.2 Å². The number of nitrogens with zero attached hydrogens (tertiary/aromatic N) is 1. The minimum Gasteiger partial charge on any atom is -0.399 e. The van der Waals surface area contributed by atoms with Crippen molar-refractivity contribution in [2.45, 2.75) is 13.8 Å². The van der Waals surface area contributed by atoms with Gasteiger partial charge in [0.15, 0.2) is 5.82 Å². The Labute approximate surface area is 115 Å². The van der Waals surface area contributed by atoms with Crippen molar-refractivity contribution >= 4 is 28.3 Å². The van der Waals surface area contributed by atoms with Crippen molar-refractivity contribution in [3.05, 3.63) is 41.2 Å². The third-order valence-corrected chi connectivity index (χ3v) is 3.37. The topological polar surface area (TPSA) is 99.6 Å². The fourth-order valence-electron chi connectivity index (χ4n) is 2.06. The molecule has 3 rings (SSSR count). The molecular weight excluding hydrogens is 254 g/mol. The van der Waals surface area contributed by atoms with Crippen molar-refractivity contribution in [3.63, 3.8) is 0 Å². The highest BCUT2D eigenvalue weighted by Crippen LogP contribution is 2.20. The standard InChI is InChI=1S/C14H15N5O/c1-7-8(2)18-19-13(7)17-14(20)12-6-9-5-10(15)3-4-11(9)16-12/h3-6,16H,15H2,1-2H3,(H2,17,18,19,20). The molecule has 2 heterocycles. The van der Waals surface area contributed by atoms with Crippen molar-refractivity contribution in [3.8, 4) is 0 Å². The maximum absolute atomic E-state index is 12.2. The number of aromatic amines is 2. The number of aryl methyl sites for hydroxylation is 1. The van der Waals surface area contributed by atoms with Gasteiger partial charge in [0.25, 0.3) is 5.91 Å². The molecule has 0 unspecified atom stereocenters. The van der Waals surface area contributed by atoms with Gasteiger partial charge in [0.1, 0.15) is 5.69 Å². The van der Waals surface area contributed by atoms with Crippen LogP contribution in [0.5, 0.6) is 0 Å².